The summed E-state index contributed by atoms with van der Waals surface area (Å²) >= 11 is 0. The minimum absolute atomic E-state index is 0. The molecular formula is C11H17ClFN. The molecule has 0 amide bonds. The fourth-order valence-corrected chi connectivity index (χ4v) is 1.41. The minimum atomic E-state index is -0.188. The zero-order valence-electron chi connectivity index (χ0n) is 8.59. The third-order valence-corrected chi connectivity index (χ3v) is 2.15. The second-order valence-electron chi connectivity index (χ2n) is 3.42. The first kappa shape index (κ1) is 13.4. The van der Waals surface area contributed by atoms with Crippen molar-refractivity contribution in [2.75, 3.05) is 0 Å². The van der Waals surface area contributed by atoms with Crippen molar-refractivity contribution >= 4 is 12.4 Å². The molecule has 1 aromatic rings. The summed E-state index contributed by atoms with van der Waals surface area (Å²) in [6, 6.07) is 4.91. The summed E-state index contributed by atoms with van der Waals surface area (Å²) in [5.41, 5.74) is 7.53. The summed E-state index contributed by atoms with van der Waals surface area (Å²) in [7, 11) is 0. The van der Waals surface area contributed by atoms with Crippen molar-refractivity contribution in [3.63, 3.8) is 0 Å². The zero-order chi connectivity index (χ0) is 9.84. The molecule has 14 heavy (non-hydrogen) atoms. The molecule has 0 aromatic heterocycles. The normalized spacial score (nSPS) is 12.0. The minimum Gasteiger partial charge on any atom is -0.324 e. The molecule has 3 heteroatoms. The maximum Gasteiger partial charge on any atom is 0.127 e. The topological polar surface area (TPSA) is 26.0 Å². The van der Waals surface area contributed by atoms with E-state index < -0.39 is 0 Å². The van der Waals surface area contributed by atoms with Crippen molar-refractivity contribution in [3.8, 4) is 0 Å². The fourth-order valence-electron chi connectivity index (χ4n) is 1.41. The van der Waals surface area contributed by atoms with E-state index in [-0.39, 0.29) is 24.3 Å². The Morgan fingerprint density at radius 3 is 2.64 bits per heavy atom. The van der Waals surface area contributed by atoms with E-state index in [2.05, 4.69) is 0 Å². The van der Waals surface area contributed by atoms with Crippen LogP contribution in [0.25, 0.3) is 0 Å². The highest BCUT2D eigenvalue weighted by atomic mass is 35.5. The van der Waals surface area contributed by atoms with Crippen LogP contribution in [0.1, 0.15) is 36.9 Å². The quantitative estimate of drug-likeness (QED) is 0.826. The van der Waals surface area contributed by atoms with Crippen LogP contribution in [-0.4, -0.2) is 0 Å². The van der Waals surface area contributed by atoms with Crippen LogP contribution in [-0.2, 0) is 0 Å². The summed E-state index contributed by atoms with van der Waals surface area (Å²) < 4.78 is 13.3. The summed E-state index contributed by atoms with van der Waals surface area (Å²) in [5, 5.41) is 0. The molecule has 80 valence electrons. The molecule has 1 rings (SSSR count). The lowest BCUT2D eigenvalue weighted by Gasteiger charge is -2.12. The summed E-state index contributed by atoms with van der Waals surface area (Å²) in [6.07, 6.45) is 1.81. The summed E-state index contributed by atoms with van der Waals surface area (Å²) in [6.45, 7) is 4.00. The smallest absolute Gasteiger partial charge is 0.127 e. The van der Waals surface area contributed by atoms with E-state index in [0.717, 1.165) is 18.4 Å². The predicted molar refractivity (Wildman–Crippen MR) is 60.2 cm³/mol. The highest BCUT2D eigenvalue weighted by Crippen LogP contribution is 2.20. The Bertz CT molecular complexity index is 289. The van der Waals surface area contributed by atoms with E-state index in [0.29, 0.717) is 5.56 Å². The Morgan fingerprint density at radius 1 is 1.43 bits per heavy atom. The van der Waals surface area contributed by atoms with Gasteiger partial charge in [0, 0.05) is 11.6 Å². The first-order valence-corrected chi connectivity index (χ1v) is 4.66. The highest BCUT2D eigenvalue weighted by molar-refractivity contribution is 5.85. The van der Waals surface area contributed by atoms with E-state index in [4.69, 9.17) is 5.73 Å². The molecule has 1 atom stereocenters. The lowest BCUT2D eigenvalue weighted by molar-refractivity contribution is 0.559. The summed E-state index contributed by atoms with van der Waals surface area (Å²) in [5.74, 6) is -0.188. The van der Waals surface area contributed by atoms with E-state index >= 15 is 0 Å². The Labute approximate surface area is 90.9 Å². The Kier molecular flexibility index (Phi) is 5.73. The lowest BCUT2D eigenvalue weighted by Crippen LogP contribution is -2.11. The Balaban J connectivity index is 0.00000169. The fraction of sp³-hybridized carbons (Fsp3) is 0.455. The van der Waals surface area contributed by atoms with Crippen LogP contribution in [0.15, 0.2) is 18.2 Å². The molecular weight excluding hydrogens is 201 g/mol. The predicted octanol–water partition coefficient (Wildman–Crippen LogP) is 3.36. The third kappa shape index (κ3) is 3.28. The van der Waals surface area contributed by atoms with Gasteiger partial charge in [0.2, 0.25) is 0 Å². The maximum atomic E-state index is 13.3. The van der Waals surface area contributed by atoms with Gasteiger partial charge in [-0.3, -0.25) is 0 Å². The van der Waals surface area contributed by atoms with Gasteiger partial charge in [-0.15, -0.1) is 12.4 Å². The van der Waals surface area contributed by atoms with Crippen molar-refractivity contribution in [1.29, 1.82) is 0 Å². The molecule has 0 radical (unpaired) electrons. The van der Waals surface area contributed by atoms with Gasteiger partial charge in [-0.25, -0.2) is 4.39 Å². The molecule has 0 aliphatic rings. The van der Waals surface area contributed by atoms with Crippen LogP contribution < -0.4 is 5.73 Å². The van der Waals surface area contributed by atoms with Crippen LogP contribution in [0.4, 0.5) is 4.39 Å². The van der Waals surface area contributed by atoms with Crippen LogP contribution in [0.5, 0.6) is 0 Å². The molecule has 0 spiro atoms. The molecule has 0 bridgehead atoms. The van der Waals surface area contributed by atoms with Gasteiger partial charge in [-0.1, -0.05) is 31.0 Å². The molecule has 2 N–H and O–H groups in total. The van der Waals surface area contributed by atoms with Crippen molar-refractivity contribution in [2.24, 2.45) is 5.73 Å². The van der Waals surface area contributed by atoms with E-state index in [1.165, 1.54) is 6.07 Å². The number of hydrogen-bond acceptors (Lipinski definition) is 1. The van der Waals surface area contributed by atoms with Gasteiger partial charge < -0.3 is 5.73 Å². The van der Waals surface area contributed by atoms with Gasteiger partial charge in [0.05, 0.1) is 0 Å². The molecule has 0 aliphatic carbocycles. The lowest BCUT2D eigenvalue weighted by atomic mass is 10.0. The number of benzene rings is 1. The maximum absolute atomic E-state index is 13.3. The Morgan fingerprint density at radius 2 is 2.07 bits per heavy atom. The molecule has 0 saturated heterocycles. The molecule has 0 heterocycles. The summed E-state index contributed by atoms with van der Waals surface area (Å²) in [4.78, 5) is 0. The van der Waals surface area contributed by atoms with Gasteiger partial charge in [0.15, 0.2) is 0 Å². The second kappa shape index (κ2) is 5.99. The van der Waals surface area contributed by atoms with E-state index in [9.17, 15) is 4.39 Å². The molecule has 0 fully saturated rings. The second-order valence-corrected chi connectivity index (χ2v) is 3.42. The van der Waals surface area contributed by atoms with Crippen LogP contribution in [0.3, 0.4) is 0 Å². The SMILES string of the molecule is CCC[C@@H](N)c1cc(C)ccc1F.Cl. The molecule has 0 saturated carbocycles. The van der Waals surface area contributed by atoms with Gasteiger partial charge in [0.25, 0.3) is 0 Å². The molecule has 1 nitrogen and oxygen atoms in total. The number of hydrogen-bond donors (Lipinski definition) is 1. The average molecular weight is 218 g/mol. The first-order chi connectivity index (χ1) is 6.15. The number of aryl methyl sites for hydroxylation is 1. The molecule has 0 aliphatic heterocycles. The highest BCUT2D eigenvalue weighted by Gasteiger charge is 2.09. The van der Waals surface area contributed by atoms with Gasteiger partial charge in [0.1, 0.15) is 5.82 Å². The van der Waals surface area contributed by atoms with Crippen molar-refractivity contribution < 1.29 is 4.39 Å². The largest absolute Gasteiger partial charge is 0.324 e. The first-order valence-electron chi connectivity index (χ1n) is 4.66. The number of nitrogens with two attached hydrogens (primary N) is 1. The van der Waals surface area contributed by atoms with Crippen molar-refractivity contribution in [1.82, 2.24) is 0 Å². The number of halogens is 2. The number of rotatable bonds is 3. The van der Waals surface area contributed by atoms with Gasteiger partial charge in [-0.2, -0.15) is 0 Å². The van der Waals surface area contributed by atoms with Gasteiger partial charge >= 0.3 is 0 Å². The Hall–Kier alpha value is -0.600. The standard InChI is InChI=1S/C11H16FN.ClH/c1-3-4-11(13)9-7-8(2)5-6-10(9)12;/h5-7,11H,3-4,13H2,1-2H3;1H/t11-;/m1./s1. The molecule has 1 aromatic carbocycles. The average Bonchev–Trinajstić information content (AvgIpc) is 2.09. The van der Waals surface area contributed by atoms with Crippen LogP contribution >= 0.6 is 12.4 Å². The van der Waals surface area contributed by atoms with Gasteiger partial charge in [-0.05, 0) is 19.4 Å². The van der Waals surface area contributed by atoms with Crippen LogP contribution in [0, 0.1) is 12.7 Å². The third-order valence-electron chi connectivity index (χ3n) is 2.15. The molecule has 0 unspecified atom stereocenters. The van der Waals surface area contributed by atoms with E-state index in [1.54, 1.807) is 6.07 Å². The van der Waals surface area contributed by atoms with Crippen molar-refractivity contribution in [2.45, 2.75) is 32.7 Å². The van der Waals surface area contributed by atoms with Crippen LogP contribution in [0.2, 0.25) is 0 Å². The van der Waals surface area contributed by atoms with E-state index in [1.807, 2.05) is 19.9 Å². The zero-order valence-corrected chi connectivity index (χ0v) is 9.40. The monoisotopic (exact) mass is 217 g/mol. The van der Waals surface area contributed by atoms with Crippen molar-refractivity contribution in [3.05, 3.63) is 35.1 Å².